The minimum Gasteiger partial charge on any atom is -0.496 e. The SMILES string of the molecule is COc1cc(NC(=O)C2CC2)ccc1C(=O)O. The Labute approximate surface area is 98.4 Å². The standard InChI is InChI=1S/C12H13NO4/c1-17-10-6-8(4-5-9(10)12(15)16)13-11(14)7-2-3-7/h4-7H,2-3H2,1H3,(H,13,14)(H,15,16). The molecule has 2 N–H and O–H groups in total. The van der Waals surface area contributed by atoms with Crippen LogP contribution in [-0.2, 0) is 4.79 Å². The van der Waals surface area contributed by atoms with Gasteiger partial charge in [0.25, 0.3) is 0 Å². The Bertz CT molecular complexity index is 466. The number of carboxylic acids is 1. The summed E-state index contributed by atoms with van der Waals surface area (Å²) in [4.78, 5) is 22.4. The number of carbonyl (C=O) groups excluding carboxylic acids is 1. The number of anilines is 1. The second-order valence-corrected chi connectivity index (χ2v) is 3.98. The third kappa shape index (κ3) is 2.55. The molecule has 2 rings (SSSR count). The molecule has 0 spiro atoms. The predicted octanol–water partition coefficient (Wildman–Crippen LogP) is 1.74. The Morgan fingerprint density at radius 2 is 2.12 bits per heavy atom. The molecule has 0 radical (unpaired) electrons. The van der Waals surface area contributed by atoms with E-state index in [0.717, 1.165) is 12.8 Å². The zero-order chi connectivity index (χ0) is 12.4. The molecule has 1 saturated carbocycles. The van der Waals surface area contributed by atoms with E-state index in [0.29, 0.717) is 5.69 Å². The lowest BCUT2D eigenvalue weighted by Gasteiger charge is -2.08. The van der Waals surface area contributed by atoms with Gasteiger partial charge in [-0.2, -0.15) is 0 Å². The minimum absolute atomic E-state index is 0.0184. The average Bonchev–Trinajstić information content (AvgIpc) is 3.12. The van der Waals surface area contributed by atoms with Gasteiger partial charge >= 0.3 is 5.97 Å². The van der Waals surface area contributed by atoms with Crippen LogP contribution >= 0.6 is 0 Å². The van der Waals surface area contributed by atoms with Gasteiger partial charge in [-0.15, -0.1) is 0 Å². The van der Waals surface area contributed by atoms with Crippen molar-refractivity contribution >= 4 is 17.6 Å². The lowest BCUT2D eigenvalue weighted by Crippen LogP contribution is -2.13. The van der Waals surface area contributed by atoms with Crippen LogP contribution < -0.4 is 10.1 Å². The number of nitrogens with one attached hydrogen (secondary N) is 1. The van der Waals surface area contributed by atoms with Crippen LogP contribution in [0.3, 0.4) is 0 Å². The Kier molecular flexibility index (Phi) is 2.99. The van der Waals surface area contributed by atoms with E-state index in [1.165, 1.54) is 19.2 Å². The van der Waals surface area contributed by atoms with E-state index in [1.54, 1.807) is 6.07 Å². The van der Waals surface area contributed by atoms with Gasteiger partial charge in [-0.1, -0.05) is 0 Å². The third-order valence-electron chi connectivity index (χ3n) is 2.65. The van der Waals surface area contributed by atoms with Crippen LogP contribution in [0.15, 0.2) is 18.2 Å². The number of amides is 1. The van der Waals surface area contributed by atoms with Crippen LogP contribution in [0.1, 0.15) is 23.2 Å². The van der Waals surface area contributed by atoms with Crippen LogP contribution in [0.25, 0.3) is 0 Å². The van der Waals surface area contributed by atoms with Gasteiger partial charge < -0.3 is 15.2 Å². The molecule has 0 heterocycles. The molecule has 5 heteroatoms. The summed E-state index contributed by atoms with van der Waals surface area (Å²) in [7, 11) is 1.40. The van der Waals surface area contributed by atoms with E-state index < -0.39 is 5.97 Å². The highest BCUT2D eigenvalue weighted by atomic mass is 16.5. The fourth-order valence-corrected chi connectivity index (χ4v) is 1.54. The van der Waals surface area contributed by atoms with E-state index in [4.69, 9.17) is 9.84 Å². The molecule has 0 aliphatic heterocycles. The van der Waals surface area contributed by atoms with E-state index in [2.05, 4.69) is 5.32 Å². The summed E-state index contributed by atoms with van der Waals surface area (Å²) in [5.74, 6) is -0.719. The molecule has 0 saturated heterocycles. The van der Waals surface area contributed by atoms with Crippen molar-refractivity contribution in [1.82, 2.24) is 0 Å². The molecule has 1 aliphatic rings. The zero-order valence-electron chi connectivity index (χ0n) is 9.40. The highest BCUT2D eigenvalue weighted by Crippen LogP contribution is 2.31. The summed E-state index contributed by atoms with van der Waals surface area (Å²) < 4.78 is 4.97. The van der Waals surface area contributed by atoms with Crippen molar-refractivity contribution in [3.8, 4) is 5.75 Å². The zero-order valence-corrected chi connectivity index (χ0v) is 9.40. The summed E-state index contributed by atoms with van der Waals surface area (Å²) in [6.07, 6.45) is 1.85. The molecule has 90 valence electrons. The van der Waals surface area contributed by atoms with Gasteiger partial charge in [0, 0.05) is 17.7 Å². The maximum Gasteiger partial charge on any atom is 0.339 e. The van der Waals surface area contributed by atoms with Gasteiger partial charge in [-0.05, 0) is 25.0 Å². The first kappa shape index (κ1) is 11.4. The van der Waals surface area contributed by atoms with E-state index in [1.807, 2.05) is 0 Å². The molecular formula is C12H13NO4. The van der Waals surface area contributed by atoms with Crippen molar-refractivity contribution in [2.75, 3.05) is 12.4 Å². The Balaban J connectivity index is 2.18. The molecule has 17 heavy (non-hydrogen) atoms. The molecule has 0 atom stereocenters. The second kappa shape index (κ2) is 4.45. The lowest BCUT2D eigenvalue weighted by molar-refractivity contribution is -0.117. The van der Waals surface area contributed by atoms with Crippen molar-refractivity contribution in [3.05, 3.63) is 23.8 Å². The number of rotatable bonds is 4. The Hall–Kier alpha value is -2.04. The van der Waals surface area contributed by atoms with Crippen LogP contribution in [0.4, 0.5) is 5.69 Å². The summed E-state index contributed by atoms with van der Waals surface area (Å²) >= 11 is 0. The summed E-state index contributed by atoms with van der Waals surface area (Å²) in [6.45, 7) is 0. The second-order valence-electron chi connectivity index (χ2n) is 3.98. The van der Waals surface area contributed by atoms with E-state index in [9.17, 15) is 9.59 Å². The van der Waals surface area contributed by atoms with Crippen LogP contribution in [0, 0.1) is 5.92 Å². The third-order valence-corrected chi connectivity index (χ3v) is 2.65. The van der Waals surface area contributed by atoms with Crippen molar-refractivity contribution in [3.63, 3.8) is 0 Å². The summed E-state index contributed by atoms with van der Waals surface area (Å²) in [5.41, 5.74) is 0.640. The Morgan fingerprint density at radius 1 is 1.41 bits per heavy atom. The van der Waals surface area contributed by atoms with Crippen molar-refractivity contribution in [2.45, 2.75) is 12.8 Å². The van der Waals surface area contributed by atoms with Gasteiger partial charge in [0.1, 0.15) is 11.3 Å². The number of carboxylic acid groups (broad SMARTS) is 1. The molecule has 0 aromatic heterocycles. The van der Waals surface area contributed by atoms with Gasteiger partial charge in [-0.3, -0.25) is 4.79 Å². The quantitative estimate of drug-likeness (QED) is 0.833. The summed E-state index contributed by atoms with van der Waals surface area (Å²) in [5, 5.41) is 11.6. The van der Waals surface area contributed by atoms with Gasteiger partial charge in [0.05, 0.1) is 7.11 Å². The van der Waals surface area contributed by atoms with Crippen molar-refractivity contribution in [1.29, 1.82) is 0 Å². The normalized spacial score (nSPS) is 14.2. The summed E-state index contributed by atoms with van der Waals surface area (Å²) in [6, 6.07) is 4.50. The maximum absolute atomic E-state index is 11.5. The van der Waals surface area contributed by atoms with Gasteiger partial charge in [0.2, 0.25) is 5.91 Å². The monoisotopic (exact) mass is 235 g/mol. The highest BCUT2D eigenvalue weighted by molar-refractivity contribution is 5.96. The number of ether oxygens (including phenoxy) is 1. The van der Waals surface area contributed by atoms with Gasteiger partial charge in [-0.25, -0.2) is 4.79 Å². The first-order valence-electron chi connectivity index (χ1n) is 5.34. The smallest absolute Gasteiger partial charge is 0.339 e. The molecule has 5 nitrogen and oxygen atoms in total. The maximum atomic E-state index is 11.5. The lowest BCUT2D eigenvalue weighted by atomic mass is 10.2. The molecular weight excluding hydrogens is 222 g/mol. The molecule has 1 aliphatic carbocycles. The molecule has 0 unspecified atom stereocenters. The largest absolute Gasteiger partial charge is 0.496 e. The van der Waals surface area contributed by atoms with Crippen molar-refractivity contribution in [2.24, 2.45) is 5.92 Å². The number of benzene rings is 1. The Morgan fingerprint density at radius 3 is 2.65 bits per heavy atom. The number of hydrogen-bond donors (Lipinski definition) is 2. The van der Waals surface area contributed by atoms with Crippen LogP contribution in [-0.4, -0.2) is 24.1 Å². The fourth-order valence-electron chi connectivity index (χ4n) is 1.54. The van der Waals surface area contributed by atoms with E-state index >= 15 is 0 Å². The molecule has 1 amide bonds. The van der Waals surface area contributed by atoms with Crippen LogP contribution in [0.5, 0.6) is 5.75 Å². The van der Waals surface area contributed by atoms with Crippen LogP contribution in [0.2, 0.25) is 0 Å². The fraction of sp³-hybridized carbons (Fsp3) is 0.333. The first-order valence-corrected chi connectivity index (χ1v) is 5.34. The topological polar surface area (TPSA) is 75.6 Å². The molecule has 1 aromatic rings. The first-order chi connectivity index (χ1) is 8.11. The highest BCUT2D eigenvalue weighted by Gasteiger charge is 2.29. The number of carbonyl (C=O) groups is 2. The average molecular weight is 235 g/mol. The minimum atomic E-state index is -1.05. The molecule has 1 aromatic carbocycles. The number of hydrogen-bond acceptors (Lipinski definition) is 3. The predicted molar refractivity (Wildman–Crippen MR) is 61.3 cm³/mol. The van der Waals surface area contributed by atoms with E-state index in [-0.39, 0.29) is 23.1 Å². The number of methoxy groups -OCH3 is 1. The molecule has 0 bridgehead atoms. The van der Waals surface area contributed by atoms with Crippen molar-refractivity contribution < 1.29 is 19.4 Å². The molecule has 1 fully saturated rings. The van der Waals surface area contributed by atoms with Gasteiger partial charge in [0.15, 0.2) is 0 Å². The number of aromatic carboxylic acids is 1.